The molecule has 1 N–H and O–H groups in total. The van der Waals surface area contributed by atoms with Crippen LogP contribution in [-0.2, 0) is 12.8 Å². The van der Waals surface area contributed by atoms with E-state index in [9.17, 15) is 0 Å². The van der Waals surface area contributed by atoms with Gasteiger partial charge in [0.05, 0.1) is 0 Å². The van der Waals surface area contributed by atoms with Crippen LogP contribution in [0, 0.1) is 5.41 Å². The van der Waals surface area contributed by atoms with E-state index in [4.69, 9.17) is 11.6 Å². The summed E-state index contributed by atoms with van der Waals surface area (Å²) in [5.41, 5.74) is 3.33. The van der Waals surface area contributed by atoms with Crippen molar-refractivity contribution >= 4 is 24.0 Å². The molecule has 0 aromatic heterocycles. The highest BCUT2D eigenvalue weighted by atomic mass is 35.5. The maximum atomic E-state index is 6.00. The lowest BCUT2D eigenvalue weighted by molar-refractivity contribution is 0.271. The second-order valence-corrected chi connectivity index (χ2v) is 5.37. The van der Waals surface area contributed by atoms with Gasteiger partial charge in [0, 0.05) is 11.6 Å². The van der Waals surface area contributed by atoms with E-state index in [1.54, 1.807) is 0 Å². The Balaban J connectivity index is 0.00000128. The Hall–Kier alpha value is -0.240. The third-order valence-electron chi connectivity index (χ3n) is 3.39. The van der Waals surface area contributed by atoms with Gasteiger partial charge >= 0.3 is 0 Å². The van der Waals surface area contributed by atoms with Gasteiger partial charge in [0.1, 0.15) is 0 Å². The Morgan fingerprint density at radius 1 is 1.38 bits per heavy atom. The minimum absolute atomic E-state index is 0. The predicted octanol–water partition coefficient (Wildman–Crippen LogP) is 3.48. The maximum absolute atomic E-state index is 6.00. The summed E-state index contributed by atoms with van der Waals surface area (Å²) < 4.78 is 0. The predicted molar refractivity (Wildman–Crippen MR) is 72.8 cm³/mol. The molecule has 2 rings (SSSR count). The number of aryl methyl sites for hydroxylation is 1. The first kappa shape index (κ1) is 13.8. The molecule has 1 aromatic rings. The van der Waals surface area contributed by atoms with E-state index in [-0.39, 0.29) is 12.4 Å². The van der Waals surface area contributed by atoms with Crippen LogP contribution in [0.3, 0.4) is 0 Å². The third kappa shape index (κ3) is 2.91. The van der Waals surface area contributed by atoms with Gasteiger partial charge in [0.25, 0.3) is 0 Å². The molecule has 0 amide bonds. The lowest BCUT2D eigenvalue weighted by atomic mass is 9.73. The van der Waals surface area contributed by atoms with Gasteiger partial charge in [0.15, 0.2) is 0 Å². The lowest BCUT2D eigenvalue weighted by Gasteiger charge is -2.35. The molecule has 1 aliphatic carbocycles. The van der Waals surface area contributed by atoms with Crippen molar-refractivity contribution in [3.05, 3.63) is 34.3 Å². The zero-order chi connectivity index (χ0) is 10.9. The normalized spacial score (nSPS) is 23.4. The molecule has 1 unspecified atom stereocenters. The molecule has 1 atom stereocenters. The Morgan fingerprint density at radius 2 is 2.12 bits per heavy atom. The van der Waals surface area contributed by atoms with Crippen molar-refractivity contribution in [3.8, 4) is 0 Å². The smallest absolute Gasteiger partial charge is 0.0408 e. The third-order valence-corrected chi connectivity index (χ3v) is 3.62. The minimum Gasteiger partial charge on any atom is -0.319 e. The molecule has 0 heterocycles. The Labute approximate surface area is 109 Å². The average Bonchev–Trinajstić information content (AvgIpc) is 2.19. The fourth-order valence-electron chi connectivity index (χ4n) is 2.56. The standard InChI is InChI=1S/C13H18ClN.ClH/c1-13(9-15-2)6-5-10-7-12(14)4-3-11(10)8-13;/h3-4,7,15H,5-6,8-9H2,1-2H3;1H. The van der Waals surface area contributed by atoms with E-state index >= 15 is 0 Å². The van der Waals surface area contributed by atoms with E-state index < -0.39 is 0 Å². The van der Waals surface area contributed by atoms with Crippen molar-refractivity contribution in [2.45, 2.75) is 26.2 Å². The summed E-state index contributed by atoms with van der Waals surface area (Å²) in [5.74, 6) is 0. The first-order valence-corrected chi connectivity index (χ1v) is 5.93. The van der Waals surface area contributed by atoms with Crippen LogP contribution in [0.1, 0.15) is 24.5 Å². The van der Waals surface area contributed by atoms with Gasteiger partial charge in [-0.25, -0.2) is 0 Å². The molecule has 0 bridgehead atoms. The highest BCUT2D eigenvalue weighted by Gasteiger charge is 2.28. The van der Waals surface area contributed by atoms with Gasteiger partial charge in [-0.05, 0) is 55.0 Å². The fraction of sp³-hybridized carbons (Fsp3) is 0.538. The van der Waals surface area contributed by atoms with Crippen LogP contribution < -0.4 is 5.32 Å². The molecule has 0 fully saturated rings. The van der Waals surface area contributed by atoms with Gasteiger partial charge in [0.2, 0.25) is 0 Å². The quantitative estimate of drug-likeness (QED) is 0.858. The highest BCUT2D eigenvalue weighted by molar-refractivity contribution is 6.30. The number of hydrogen-bond donors (Lipinski definition) is 1. The molecule has 0 aliphatic heterocycles. The SMILES string of the molecule is CNCC1(C)CCc2cc(Cl)ccc2C1.Cl. The number of nitrogens with one attached hydrogen (secondary N) is 1. The molecule has 0 saturated carbocycles. The summed E-state index contributed by atoms with van der Waals surface area (Å²) in [4.78, 5) is 0. The van der Waals surface area contributed by atoms with Crippen LogP contribution in [0.4, 0.5) is 0 Å². The minimum atomic E-state index is 0. The van der Waals surface area contributed by atoms with Crippen LogP contribution in [0.2, 0.25) is 5.02 Å². The molecule has 0 saturated heterocycles. The first-order valence-electron chi connectivity index (χ1n) is 5.55. The van der Waals surface area contributed by atoms with Crippen molar-refractivity contribution in [2.75, 3.05) is 13.6 Å². The molecule has 90 valence electrons. The van der Waals surface area contributed by atoms with E-state index in [2.05, 4.69) is 24.4 Å². The largest absolute Gasteiger partial charge is 0.319 e. The summed E-state index contributed by atoms with van der Waals surface area (Å²) in [6, 6.07) is 6.31. The van der Waals surface area contributed by atoms with E-state index in [1.807, 2.05) is 13.1 Å². The maximum Gasteiger partial charge on any atom is 0.0408 e. The molecular weight excluding hydrogens is 241 g/mol. The van der Waals surface area contributed by atoms with E-state index in [0.717, 1.165) is 18.0 Å². The van der Waals surface area contributed by atoms with Crippen molar-refractivity contribution < 1.29 is 0 Å². The van der Waals surface area contributed by atoms with Crippen molar-refractivity contribution in [1.82, 2.24) is 5.32 Å². The molecule has 1 aliphatic rings. The molecule has 0 spiro atoms. The zero-order valence-electron chi connectivity index (χ0n) is 9.85. The second kappa shape index (κ2) is 5.39. The molecule has 1 aromatic carbocycles. The number of fused-ring (bicyclic) bond motifs is 1. The van der Waals surface area contributed by atoms with Crippen LogP contribution >= 0.6 is 24.0 Å². The van der Waals surface area contributed by atoms with Gasteiger partial charge in [-0.15, -0.1) is 12.4 Å². The van der Waals surface area contributed by atoms with Crippen molar-refractivity contribution in [2.24, 2.45) is 5.41 Å². The molecule has 3 heteroatoms. The summed E-state index contributed by atoms with van der Waals surface area (Å²) in [5, 5.41) is 4.16. The molecular formula is C13H19Cl2N. The van der Waals surface area contributed by atoms with Crippen molar-refractivity contribution in [3.63, 3.8) is 0 Å². The van der Waals surface area contributed by atoms with Crippen LogP contribution in [-0.4, -0.2) is 13.6 Å². The number of rotatable bonds is 2. The summed E-state index contributed by atoms with van der Waals surface area (Å²) >= 11 is 6.00. The van der Waals surface area contributed by atoms with Crippen molar-refractivity contribution in [1.29, 1.82) is 0 Å². The second-order valence-electron chi connectivity index (χ2n) is 4.93. The highest BCUT2D eigenvalue weighted by Crippen LogP contribution is 2.35. The molecule has 0 radical (unpaired) electrons. The van der Waals surface area contributed by atoms with E-state index in [0.29, 0.717) is 5.41 Å². The number of benzene rings is 1. The Kier molecular flexibility index (Phi) is 4.66. The number of halogens is 2. The van der Waals surface area contributed by atoms with Crippen LogP contribution in [0.5, 0.6) is 0 Å². The van der Waals surface area contributed by atoms with Crippen LogP contribution in [0.25, 0.3) is 0 Å². The van der Waals surface area contributed by atoms with Gasteiger partial charge in [-0.1, -0.05) is 24.6 Å². The monoisotopic (exact) mass is 259 g/mol. The fourth-order valence-corrected chi connectivity index (χ4v) is 2.76. The lowest BCUT2D eigenvalue weighted by Crippen LogP contribution is -2.35. The summed E-state index contributed by atoms with van der Waals surface area (Å²) in [6.07, 6.45) is 3.58. The molecule has 1 nitrogen and oxygen atoms in total. The first-order chi connectivity index (χ1) is 7.13. The molecule has 16 heavy (non-hydrogen) atoms. The number of hydrogen-bond acceptors (Lipinski definition) is 1. The van der Waals surface area contributed by atoms with Gasteiger partial charge in [-0.3, -0.25) is 0 Å². The average molecular weight is 260 g/mol. The summed E-state index contributed by atoms with van der Waals surface area (Å²) in [7, 11) is 2.03. The topological polar surface area (TPSA) is 12.0 Å². The summed E-state index contributed by atoms with van der Waals surface area (Å²) in [6.45, 7) is 3.45. The van der Waals surface area contributed by atoms with E-state index in [1.165, 1.54) is 24.0 Å². The Bertz CT molecular complexity index is 365. The van der Waals surface area contributed by atoms with Crippen LogP contribution in [0.15, 0.2) is 18.2 Å². The zero-order valence-corrected chi connectivity index (χ0v) is 11.4. The van der Waals surface area contributed by atoms with Gasteiger partial charge < -0.3 is 5.32 Å². The Morgan fingerprint density at radius 3 is 2.81 bits per heavy atom. The van der Waals surface area contributed by atoms with Gasteiger partial charge in [-0.2, -0.15) is 0 Å².